The van der Waals surface area contributed by atoms with Crippen molar-refractivity contribution < 1.29 is 4.79 Å². The van der Waals surface area contributed by atoms with Gasteiger partial charge in [-0.25, -0.2) is 0 Å². The first kappa shape index (κ1) is 10.2. The summed E-state index contributed by atoms with van der Waals surface area (Å²) in [7, 11) is 0. The van der Waals surface area contributed by atoms with Crippen molar-refractivity contribution in [2.75, 3.05) is 0 Å². The molecule has 0 spiro atoms. The molecule has 0 heterocycles. The van der Waals surface area contributed by atoms with Crippen LogP contribution in [0.25, 0.3) is 0 Å². The molecule has 13 heavy (non-hydrogen) atoms. The third kappa shape index (κ3) is 3.58. The quantitative estimate of drug-likeness (QED) is 0.606. The van der Waals surface area contributed by atoms with Gasteiger partial charge in [0.25, 0.3) is 0 Å². The van der Waals surface area contributed by atoms with Crippen LogP contribution < -0.4 is 0 Å². The highest BCUT2D eigenvalue weighted by Gasteiger charge is 2.16. The number of carbonyl (C=O) groups is 1. The second-order valence-electron chi connectivity index (χ2n) is 3.90. The van der Waals surface area contributed by atoms with E-state index >= 15 is 0 Å². The van der Waals surface area contributed by atoms with E-state index in [1.54, 1.807) is 0 Å². The lowest BCUT2D eigenvalue weighted by atomic mass is 9.90. The minimum Gasteiger partial charge on any atom is -0.299 e. The van der Waals surface area contributed by atoms with Crippen LogP contribution in [0.1, 0.15) is 39.5 Å². The second kappa shape index (κ2) is 5.00. The van der Waals surface area contributed by atoms with Gasteiger partial charge >= 0.3 is 0 Å². The molecule has 1 heteroatoms. The lowest BCUT2D eigenvalue weighted by Crippen LogP contribution is -2.14. The molecule has 0 amide bonds. The standard InChI is InChI=1S/C12H18O/c1-10(2)6-5-8-11-7-3-4-9-12(11)13/h3,6-7,11H,4-5,8-9H2,1-2H3. The van der Waals surface area contributed by atoms with Crippen molar-refractivity contribution >= 4 is 5.78 Å². The van der Waals surface area contributed by atoms with Crippen LogP contribution in [0, 0.1) is 5.92 Å². The molecule has 0 saturated carbocycles. The number of carbonyl (C=O) groups excluding carboxylic acids is 1. The molecule has 72 valence electrons. The summed E-state index contributed by atoms with van der Waals surface area (Å²) in [6, 6.07) is 0. The van der Waals surface area contributed by atoms with Crippen molar-refractivity contribution in [3.63, 3.8) is 0 Å². The maximum Gasteiger partial charge on any atom is 0.140 e. The van der Waals surface area contributed by atoms with Gasteiger partial charge in [-0.3, -0.25) is 4.79 Å². The van der Waals surface area contributed by atoms with Crippen LogP contribution in [0.4, 0.5) is 0 Å². The predicted octanol–water partition coefficient (Wildman–Crippen LogP) is 3.27. The van der Waals surface area contributed by atoms with Gasteiger partial charge in [0.2, 0.25) is 0 Å². The molecule has 0 fully saturated rings. The summed E-state index contributed by atoms with van der Waals surface area (Å²) in [5, 5.41) is 0. The maximum absolute atomic E-state index is 11.4. The summed E-state index contributed by atoms with van der Waals surface area (Å²) in [6.45, 7) is 4.19. The number of hydrogen-bond acceptors (Lipinski definition) is 1. The molecule has 0 aromatic rings. The first-order valence-corrected chi connectivity index (χ1v) is 5.03. The number of ketones is 1. The molecule has 0 radical (unpaired) electrons. The molecular formula is C12H18O. The Morgan fingerprint density at radius 2 is 2.38 bits per heavy atom. The van der Waals surface area contributed by atoms with Crippen molar-refractivity contribution in [2.24, 2.45) is 5.92 Å². The van der Waals surface area contributed by atoms with E-state index in [2.05, 4.69) is 32.1 Å². The Kier molecular flexibility index (Phi) is 3.94. The highest BCUT2D eigenvalue weighted by molar-refractivity contribution is 5.83. The second-order valence-corrected chi connectivity index (χ2v) is 3.90. The SMILES string of the molecule is CC(C)=CCCC1C=CCCC1=O. The fourth-order valence-corrected chi connectivity index (χ4v) is 1.59. The van der Waals surface area contributed by atoms with Crippen LogP contribution in [0.5, 0.6) is 0 Å². The smallest absolute Gasteiger partial charge is 0.140 e. The molecule has 1 atom stereocenters. The van der Waals surface area contributed by atoms with Crippen LogP contribution in [0.2, 0.25) is 0 Å². The largest absolute Gasteiger partial charge is 0.299 e. The third-order valence-corrected chi connectivity index (χ3v) is 2.37. The van der Waals surface area contributed by atoms with E-state index in [0.29, 0.717) is 5.78 Å². The molecule has 0 N–H and O–H groups in total. The van der Waals surface area contributed by atoms with Gasteiger partial charge in [0.05, 0.1) is 0 Å². The van der Waals surface area contributed by atoms with E-state index in [1.165, 1.54) is 5.57 Å². The van der Waals surface area contributed by atoms with Crippen molar-refractivity contribution in [1.82, 2.24) is 0 Å². The van der Waals surface area contributed by atoms with E-state index in [9.17, 15) is 4.79 Å². The monoisotopic (exact) mass is 178 g/mol. The van der Waals surface area contributed by atoms with Gasteiger partial charge in [-0.2, -0.15) is 0 Å². The summed E-state index contributed by atoms with van der Waals surface area (Å²) in [5.74, 6) is 0.619. The van der Waals surface area contributed by atoms with Gasteiger partial charge in [-0.15, -0.1) is 0 Å². The van der Waals surface area contributed by atoms with Crippen molar-refractivity contribution in [1.29, 1.82) is 0 Å². The van der Waals surface area contributed by atoms with Crippen LogP contribution >= 0.6 is 0 Å². The summed E-state index contributed by atoms with van der Waals surface area (Å²) >= 11 is 0. The van der Waals surface area contributed by atoms with Gasteiger partial charge in [0, 0.05) is 12.3 Å². The lowest BCUT2D eigenvalue weighted by Gasteiger charge is -2.13. The Morgan fingerprint density at radius 1 is 1.62 bits per heavy atom. The summed E-state index contributed by atoms with van der Waals surface area (Å²) in [5.41, 5.74) is 1.34. The zero-order valence-corrected chi connectivity index (χ0v) is 8.55. The number of allylic oxidation sites excluding steroid dienone is 4. The number of Topliss-reactive ketones (excluding diaryl/α,β-unsaturated/α-hetero) is 1. The van der Waals surface area contributed by atoms with E-state index in [0.717, 1.165) is 25.7 Å². The molecule has 1 nitrogen and oxygen atoms in total. The Bertz CT molecular complexity index is 232. The van der Waals surface area contributed by atoms with E-state index in [-0.39, 0.29) is 5.92 Å². The summed E-state index contributed by atoms with van der Waals surface area (Å²) in [4.78, 5) is 11.4. The van der Waals surface area contributed by atoms with Crippen LogP contribution in [0.3, 0.4) is 0 Å². The molecule has 0 saturated heterocycles. The molecule has 0 aromatic carbocycles. The average Bonchev–Trinajstić information content (AvgIpc) is 2.08. The van der Waals surface area contributed by atoms with E-state index < -0.39 is 0 Å². The Labute approximate surface area is 80.5 Å². The van der Waals surface area contributed by atoms with Crippen molar-refractivity contribution in [2.45, 2.75) is 39.5 Å². The van der Waals surface area contributed by atoms with Crippen LogP contribution in [-0.2, 0) is 4.79 Å². The topological polar surface area (TPSA) is 17.1 Å². The maximum atomic E-state index is 11.4. The van der Waals surface area contributed by atoms with Gasteiger partial charge in [0.1, 0.15) is 5.78 Å². The van der Waals surface area contributed by atoms with Crippen LogP contribution in [-0.4, -0.2) is 5.78 Å². The molecular weight excluding hydrogens is 160 g/mol. The highest BCUT2D eigenvalue weighted by Crippen LogP contribution is 2.18. The predicted molar refractivity (Wildman–Crippen MR) is 55.5 cm³/mol. The van der Waals surface area contributed by atoms with Gasteiger partial charge in [-0.1, -0.05) is 23.8 Å². The molecule has 0 aliphatic heterocycles. The van der Waals surface area contributed by atoms with Gasteiger partial charge in [0.15, 0.2) is 0 Å². The molecule has 1 aliphatic rings. The zero-order valence-electron chi connectivity index (χ0n) is 8.55. The average molecular weight is 178 g/mol. The third-order valence-electron chi connectivity index (χ3n) is 2.37. The molecule has 1 rings (SSSR count). The Balaban J connectivity index is 2.35. The van der Waals surface area contributed by atoms with E-state index in [1.807, 2.05) is 0 Å². The first-order chi connectivity index (χ1) is 6.20. The minimum atomic E-state index is 0.198. The molecule has 0 aromatic heterocycles. The van der Waals surface area contributed by atoms with E-state index in [4.69, 9.17) is 0 Å². The molecule has 1 unspecified atom stereocenters. The Hall–Kier alpha value is -0.850. The molecule has 0 bridgehead atoms. The van der Waals surface area contributed by atoms with Crippen LogP contribution in [0.15, 0.2) is 23.8 Å². The summed E-state index contributed by atoms with van der Waals surface area (Å²) < 4.78 is 0. The fraction of sp³-hybridized carbons (Fsp3) is 0.583. The highest BCUT2D eigenvalue weighted by atomic mass is 16.1. The van der Waals surface area contributed by atoms with Crippen molar-refractivity contribution in [3.05, 3.63) is 23.8 Å². The minimum absolute atomic E-state index is 0.198. The van der Waals surface area contributed by atoms with Gasteiger partial charge < -0.3 is 0 Å². The number of hydrogen-bond donors (Lipinski definition) is 0. The first-order valence-electron chi connectivity index (χ1n) is 5.03. The van der Waals surface area contributed by atoms with Crippen molar-refractivity contribution in [3.8, 4) is 0 Å². The normalized spacial score (nSPS) is 21.7. The Morgan fingerprint density at radius 3 is 3.00 bits per heavy atom. The number of rotatable bonds is 3. The summed E-state index contributed by atoms with van der Waals surface area (Å²) in [6.07, 6.45) is 10.1. The zero-order chi connectivity index (χ0) is 9.68. The molecule has 1 aliphatic carbocycles. The fourth-order valence-electron chi connectivity index (χ4n) is 1.59. The lowest BCUT2D eigenvalue weighted by molar-refractivity contribution is -0.121. The van der Waals surface area contributed by atoms with Gasteiger partial charge in [-0.05, 0) is 33.1 Å².